The van der Waals surface area contributed by atoms with Gasteiger partial charge in [0, 0.05) is 5.69 Å². The normalized spacial score (nSPS) is 10.9. The average Bonchev–Trinajstić information content (AvgIpc) is 2.52. The molecule has 2 rings (SSSR count). The molecule has 0 spiro atoms. The quantitative estimate of drug-likeness (QED) is 0.381. The molecule has 116 valence electrons. The number of rotatable bonds is 3. The number of carbonyl (C=O) groups excluding carboxylic acids is 1. The van der Waals surface area contributed by atoms with E-state index in [-0.39, 0.29) is 17.1 Å². The van der Waals surface area contributed by atoms with Gasteiger partial charge in [-0.15, -0.1) is 0 Å². The van der Waals surface area contributed by atoms with Gasteiger partial charge in [-0.3, -0.25) is 4.79 Å². The highest BCUT2D eigenvalue weighted by atomic mass is 79.9. The Morgan fingerprint density at radius 3 is 2.22 bits per heavy atom. The average molecular weight is 438 g/mol. The number of benzene rings is 2. The Kier molecular flexibility index (Phi) is 5.42. The number of anilines is 1. The zero-order valence-corrected chi connectivity index (χ0v) is 14.7. The van der Waals surface area contributed by atoms with E-state index in [0.717, 1.165) is 0 Å². The molecule has 0 unspecified atom stereocenters. The van der Waals surface area contributed by atoms with Crippen molar-refractivity contribution in [1.29, 1.82) is 5.26 Å². The Hall–Kier alpha value is -2.30. The van der Waals surface area contributed by atoms with Gasteiger partial charge >= 0.3 is 0 Å². The van der Waals surface area contributed by atoms with Crippen molar-refractivity contribution in [2.24, 2.45) is 0 Å². The van der Waals surface area contributed by atoms with Crippen LogP contribution in [-0.2, 0) is 4.79 Å². The van der Waals surface area contributed by atoms with Crippen molar-refractivity contribution in [2.75, 3.05) is 5.32 Å². The van der Waals surface area contributed by atoms with Crippen LogP contribution < -0.4 is 5.32 Å². The fourth-order valence-electron chi connectivity index (χ4n) is 1.73. The Balaban J connectivity index is 2.26. The fraction of sp³-hybridized carbons (Fsp3) is 0. The zero-order valence-electron chi connectivity index (χ0n) is 11.5. The second kappa shape index (κ2) is 7.31. The van der Waals surface area contributed by atoms with Crippen molar-refractivity contribution in [3.05, 3.63) is 56.5 Å². The van der Waals surface area contributed by atoms with Crippen molar-refractivity contribution in [3.63, 3.8) is 0 Å². The van der Waals surface area contributed by atoms with Crippen molar-refractivity contribution < 1.29 is 15.0 Å². The molecule has 0 aliphatic carbocycles. The maximum atomic E-state index is 12.1. The molecule has 0 saturated carbocycles. The summed E-state index contributed by atoms with van der Waals surface area (Å²) in [5.41, 5.74) is 0.934. The van der Waals surface area contributed by atoms with Gasteiger partial charge in [0.25, 0.3) is 5.91 Å². The molecule has 0 saturated heterocycles. The number of nitriles is 1. The second-order valence-corrected chi connectivity index (χ2v) is 6.21. The van der Waals surface area contributed by atoms with Gasteiger partial charge in [-0.1, -0.05) is 0 Å². The van der Waals surface area contributed by atoms with Crippen LogP contribution in [0.4, 0.5) is 5.69 Å². The number of hydrogen-bond acceptors (Lipinski definition) is 4. The number of amides is 1. The summed E-state index contributed by atoms with van der Waals surface area (Å²) < 4.78 is 0.878. The number of phenols is 2. The minimum absolute atomic E-state index is 0.0363. The van der Waals surface area contributed by atoms with Crippen molar-refractivity contribution in [2.45, 2.75) is 0 Å². The van der Waals surface area contributed by atoms with Gasteiger partial charge in [0.05, 0.1) is 8.95 Å². The Morgan fingerprint density at radius 1 is 1.13 bits per heavy atom. The highest BCUT2D eigenvalue weighted by Gasteiger charge is 2.11. The maximum Gasteiger partial charge on any atom is 0.266 e. The van der Waals surface area contributed by atoms with E-state index in [1.54, 1.807) is 12.1 Å². The van der Waals surface area contributed by atoms with E-state index < -0.39 is 5.91 Å². The number of halogens is 2. The van der Waals surface area contributed by atoms with Crippen LogP contribution in [0.3, 0.4) is 0 Å². The summed E-state index contributed by atoms with van der Waals surface area (Å²) in [6.45, 7) is 0. The van der Waals surface area contributed by atoms with E-state index in [4.69, 9.17) is 0 Å². The van der Waals surface area contributed by atoms with Crippen LogP contribution >= 0.6 is 31.9 Å². The summed E-state index contributed by atoms with van der Waals surface area (Å²) in [4.78, 5) is 12.1. The third-order valence-corrected chi connectivity index (χ3v) is 4.05. The van der Waals surface area contributed by atoms with Crippen molar-refractivity contribution in [1.82, 2.24) is 0 Å². The summed E-state index contributed by atoms with van der Waals surface area (Å²) in [5, 5.41) is 30.6. The first-order valence-electron chi connectivity index (χ1n) is 6.31. The van der Waals surface area contributed by atoms with Gasteiger partial charge in [-0.2, -0.15) is 5.26 Å². The minimum Gasteiger partial charge on any atom is -0.508 e. The lowest BCUT2D eigenvalue weighted by Crippen LogP contribution is -2.13. The predicted octanol–water partition coefficient (Wildman–Crippen LogP) is 4.17. The van der Waals surface area contributed by atoms with E-state index in [9.17, 15) is 20.3 Å². The van der Waals surface area contributed by atoms with Crippen LogP contribution in [0, 0.1) is 11.3 Å². The SMILES string of the molecule is N#C/C(=C\c1cc(Br)c(O)c(Br)c1)C(=O)Nc1ccc(O)cc1. The van der Waals surface area contributed by atoms with Crippen LogP contribution in [0.15, 0.2) is 50.9 Å². The number of hydrogen-bond donors (Lipinski definition) is 3. The molecule has 1 amide bonds. The molecule has 2 aromatic rings. The fourth-order valence-corrected chi connectivity index (χ4v) is 2.95. The molecule has 0 aliphatic rings. The van der Waals surface area contributed by atoms with Crippen molar-refractivity contribution >= 4 is 49.5 Å². The van der Waals surface area contributed by atoms with E-state index >= 15 is 0 Å². The lowest BCUT2D eigenvalue weighted by molar-refractivity contribution is -0.112. The van der Waals surface area contributed by atoms with E-state index in [1.165, 1.54) is 30.3 Å². The monoisotopic (exact) mass is 436 g/mol. The van der Waals surface area contributed by atoms with Gasteiger partial charge in [0.1, 0.15) is 23.1 Å². The Labute approximate surface area is 149 Å². The number of aromatic hydroxyl groups is 2. The molecule has 0 aromatic heterocycles. The van der Waals surface area contributed by atoms with E-state index in [2.05, 4.69) is 37.2 Å². The minimum atomic E-state index is -0.571. The first kappa shape index (κ1) is 17.1. The van der Waals surface area contributed by atoms with E-state index in [0.29, 0.717) is 20.2 Å². The van der Waals surface area contributed by atoms with Gasteiger partial charge in [-0.25, -0.2) is 0 Å². The molecule has 7 heteroatoms. The van der Waals surface area contributed by atoms with Crippen LogP contribution in [0.25, 0.3) is 6.08 Å². The molecule has 0 aliphatic heterocycles. The number of nitrogens with zero attached hydrogens (tertiary/aromatic N) is 1. The summed E-state index contributed by atoms with van der Waals surface area (Å²) >= 11 is 6.38. The second-order valence-electron chi connectivity index (χ2n) is 4.50. The Bertz CT molecular complexity index is 801. The molecule has 0 fully saturated rings. The molecule has 23 heavy (non-hydrogen) atoms. The molecular weight excluding hydrogens is 428 g/mol. The van der Waals surface area contributed by atoms with Crippen molar-refractivity contribution in [3.8, 4) is 17.6 Å². The lowest BCUT2D eigenvalue weighted by atomic mass is 10.1. The summed E-state index contributed by atoms with van der Waals surface area (Å²) in [5.74, 6) is -0.453. The Morgan fingerprint density at radius 2 is 1.70 bits per heavy atom. The summed E-state index contributed by atoms with van der Waals surface area (Å²) in [6.07, 6.45) is 1.41. The molecule has 5 nitrogen and oxygen atoms in total. The molecule has 0 heterocycles. The highest BCUT2D eigenvalue weighted by Crippen LogP contribution is 2.34. The van der Waals surface area contributed by atoms with Crippen LogP contribution in [-0.4, -0.2) is 16.1 Å². The number of nitrogens with one attached hydrogen (secondary N) is 1. The maximum absolute atomic E-state index is 12.1. The molecule has 0 radical (unpaired) electrons. The standard InChI is InChI=1S/C16H10Br2N2O3/c17-13-6-9(7-14(18)15(13)22)5-10(8-19)16(23)20-11-1-3-12(21)4-2-11/h1-7,21-22H,(H,20,23)/b10-5+. The summed E-state index contributed by atoms with van der Waals surface area (Å²) in [7, 11) is 0. The van der Waals surface area contributed by atoms with E-state index in [1.807, 2.05) is 6.07 Å². The van der Waals surface area contributed by atoms with Gasteiger partial charge in [0.15, 0.2) is 0 Å². The summed E-state index contributed by atoms with van der Waals surface area (Å²) in [6, 6.07) is 10.9. The molecule has 0 bridgehead atoms. The molecule has 2 aromatic carbocycles. The van der Waals surface area contributed by atoms with Crippen LogP contribution in [0.2, 0.25) is 0 Å². The molecular formula is C16H10Br2N2O3. The topological polar surface area (TPSA) is 93.3 Å². The number of carbonyl (C=O) groups is 1. The number of phenolic OH excluding ortho intramolecular Hbond substituents is 2. The van der Waals surface area contributed by atoms with Gasteiger partial charge in [-0.05, 0) is 79.9 Å². The largest absolute Gasteiger partial charge is 0.508 e. The van der Waals surface area contributed by atoms with Crippen LogP contribution in [0.1, 0.15) is 5.56 Å². The third-order valence-electron chi connectivity index (χ3n) is 2.84. The van der Waals surface area contributed by atoms with Gasteiger partial charge in [0.2, 0.25) is 0 Å². The lowest BCUT2D eigenvalue weighted by Gasteiger charge is -2.05. The first-order chi connectivity index (χ1) is 10.9. The van der Waals surface area contributed by atoms with Crippen LogP contribution in [0.5, 0.6) is 11.5 Å². The zero-order chi connectivity index (χ0) is 17.0. The molecule has 0 atom stereocenters. The predicted molar refractivity (Wildman–Crippen MR) is 93.8 cm³/mol. The smallest absolute Gasteiger partial charge is 0.266 e. The molecule has 3 N–H and O–H groups in total. The third kappa shape index (κ3) is 4.34. The highest BCUT2D eigenvalue weighted by molar-refractivity contribution is 9.11. The first-order valence-corrected chi connectivity index (χ1v) is 7.89. The van der Waals surface area contributed by atoms with Gasteiger partial charge < -0.3 is 15.5 Å².